The molecule has 0 aliphatic heterocycles. The first-order chi connectivity index (χ1) is 6.22. The van der Waals surface area contributed by atoms with E-state index < -0.39 is 0 Å². The van der Waals surface area contributed by atoms with Crippen LogP contribution < -0.4 is 0 Å². The van der Waals surface area contributed by atoms with Gasteiger partial charge in [-0.2, -0.15) is 0 Å². The molecule has 0 aromatic carbocycles. The lowest BCUT2D eigenvalue weighted by Crippen LogP contribution is -2.07. The van der Waals surface area contributed by atoms with Gasteiger partial charge in [0, 0.05) is 6.20 Å². The molecule has 0 fully saturated rings. The molecule has 0 amide bonds. The molecule has 0 aliphatic rings. The third-order valence-electron chi connectivity index (χ3n) is 1.43. The molecule has 0 aliphatic carbocycles. The maximum absolute atomic E-state index is 11.0. The van der Waals surface area contributed by atoms with Crippen LogP contribution in [-0.4, -0.2) is 22.7 Å². The molecule has 0 saturated carbocycles. The maximum atomic E-state index is 11.0. The first-order valence-electron chi connectivity index (χ1n) is 4.01. The lowest BCUT2D eigenvalue weighted by Gasteiger charge is -2.01. The van der Waals surface area contributed by atoms with Gasteiger partial charge in [-0.3, -0.25) is 9.78 Å². The smallest absolute Gasteiger partial charge is 0.310 e. The molecule has 1 aromatic heterocycles. The lowest BCUT2D eigenvalue weighted by atomic mass is 10.2. The first kappa shape index (κ1) is 9.51. The fourth-order valence-corrected chi connectivity index (χ4v) is 0.949. The number of hydrogen-bond donors (Lipinski definition) is 1. The summed E-state index contributed by atoms with van der Waals surface area (Å²) < 4.78 is 4.74. The van der Waals surface area contributed by atoms with Gasteiger partial charge in [0.2, 0.25) is 0 Å². The van der Waals surface area contributed by atoms with Gasteiger partial charge in [-0.25, -0.2) is 0 Å². The van der Waals surface area contributed by atoms with Gasteiger partial charge >= 0.3 is 5.97 Å². The Bertz CT molecular complexity index is 299. The predicted octanol–water partition coefficient (Wildman–Crippen LogP) is 0.893. The highest BCUT2D eigenvalue weighted by molar-refractivity contribution is 5.72. The van der Waals surface area contributed by atoms with Crippen LogP contribution in [0, 0.1) is 0 Å². The number of ether oxygens (including phenoxy) is 1. The highest BCUT2D eigenvalue weighted by atomic mass is 16.5. The molecule has 4 nitrogen and oxygen atoms in total. The van der Waals surface area contributed by atoms with Gasteiger partial charge in [-0.15, -0.1) is 0 Å². The van der Waals surface area contributed by atoms with Crippen molar-refractivity contribution in [2.24, 2.45) is 0 Å². The molecule has 13 heavy (non-hydrogen) atoms. The van der Waals surface area contributed by atoms with Crippen molar-refractivity contribution in [1.82, 2.24) is 4.98 Å². The molecular formula is C9H11NO3. The molecule has 1 rings (SSSR count). The number of nitrogens with zero attached hydrogens (tertiary/aromatic N) is 1. The second-order valence-electron chi connectivity index (χ2n) is 2.53. The number of hydrogen-bond acceptors (Lipinski definition) is 4. The highest BCUT2D eigenvalue weighted by Gasteiger charge is 2.04. The minimum Gasteiger partial charge on any atom is -0.506 e. The van der Waals surface area contributed by atoms with Crippen LogP contribution in [0.15, 0.2) is 18.5 Å². The van der Waals surface area contributed by atoms with Gasteiger partial charge in [-0.1, -0.05) is 0 Å². The van der Waals surface area contributed by atoms with E-state index in [9.17, 15) is 4.79 Å². The van der Waals surface area contributed by atoms with E-state index in [-0.39, 0.29) is 18.1 Å². The normalized spacial score (nSPS) is 9.62. The summed E-state index contributed by atoms with van der Waals surface area (Å²) in [5.74, 6) is -0.253. The van der Waals surface area contributed by atoms with Crippen molar-refractivity contribution in [2.45, 2.75) is 13.3 Å². The van der Waals surface area contributed by atoms with Gasteiger partial charge in [-0.05, 0) is 18.6 Å². The molecule has 0 unspecified atom stereocenters. The number of pyridine rings is 1. The van der Waals surface area contributed by atoms with E-state index in [1.54, 1.807) is 6.92 Å². The molecule has 0 atom stereocenters. The summed E-state index contributed by atoms with van der Waals surface area (Å²) in [6, 6.07) is 1.49. The molecular weight excluding hydrogens is 170 g/mol. The molecule has 0 spiro atoms. The van der Waals surface area contributed by atoms with Gasteiger partial charge in [0.25, 0.3) is 0 Å². The quantitative estimate of drug-likeness (QED) is 0.703. The second-order valence-corrected chi connectivity index (χ2v) is 2.53. The molecule has 70 valence electrons. The summed E-state index contributed by atoms with van der Waals surface area (Å²) in [5, 5.41) is 9.04. The summed E-state index contributed by atoms with van der Waals surface area (Å²) in [5.41, 5.74) is 0.651. The molecule has 0 radical (unpaired) electrons. The van der Waals surface area contributed by atoms with Crippen molar-refractivity contribution < 1.29 is 14.6 Å². The number of carbonyl (C=O) groups is 1. The minimum absolute atomic E-state index is 0.0572. The van der Waals surface area contributed by atoms with Crippen LogP contribution in [0.25, 0.3) is 0 Å². The molecule has 0 bridgehead atoms. The Balaban J connectivity index is 2.58. The molecule has 1 heterocycles. The minimum atomic E-state index is -0.310. The second kappa shape index (κ2) is 4.45. The summed E-state index contributed by atoms with van der Waals surface area (Å²) in [7, 11) is 0. The fourth-order valence-electron chi connectivity index (χ4n) is 0.949. The van der Waals surface area contributed by atoms with Gasteiger partial charge < -0.3 is 9.84 Å². The summed E-state index contributed by atoms with van der Waals surface area (Å²) in [6.07, 6.45) is 2.99. The van der Waals surface area contributed by atoms with Crippen molar-refractivity contribution in [3.05, 3.63) is 24.0 Å². The molecule has 4 heteroatoms. The van der Waals surface area contributed by atoms with Crippen molar-refractivity contribution in [1.29, 1.82) is 0 Å². The Morgan fingerprint density at radius 3 is 3.00 bits per heavy atom. The summed E-state index contributed by atoms with van der Waals surface area (Å²) >= 11 is 0. The zero-order chi connectivity index (χ0) is 9.68. The standard InChI is InChI=1S/C9H11NO3/c1-2-13-9(12)4-7-3-8(11)6-10-5-7/h3,5-6,11H,2,4H2,1H3. The summed E-state index contributed by atoms with van der Waals surface area (Å²) in [6.45, 7) is 2.11. The van der Waals surface area contributed by atoms with Gasteiger partial charge in [0.05, 0.1) is 19.2 Å². The van der Waals surface area contributed by atoms with Crippen LogP contribution >= 0.6 is 0 Å². The molecule has 0 saturated heterocycles. The number of rotatable bonds is 3. The van der Waals surface area contributed by atoms with E-state index in [2.05, 4.69) is 4.98 Å². The van der Waals surface area contributed by atoms with Crippen LogP contribution in [0.3, 0.4) is 0 Å². The van der Waals surface area contributed by atoms with Crippen LogP contribution in [0.2, 0.25) is 0 Å². The third kappa shape index (κ3) is 3.11. The SMILES string of the molecule is CCOC(=O)Cc1cncc(O)c1. The van der Waals surface area contributed by atoms with E-state index in [4.69, 9.17) is 9.84 Å². The Labute approximate surface area is 76.2 Å². The van der Waals surface area contributed by atoms with Gasteiger partial charge in [0.15, 0.2) is 0 Å². The van der Waals surface area contributed by atoms with Crippen LogP contribution in [0.1, 0.15) is 12.5 Å². The van der Waals surface area contributed by atoms with Crippen LogP contribution in [0.5, 0.6) is 5.75 Å². The largest absolute Gasteiger partial charge is 0.506 e. The number of carbonyl (C=O) groups excluding carboxylic acids is 1. The van der Waals surface area contributed by atoms with Crippen molar-refractivity contribution in [3.8, 4) is 5.75 Å². The van der Waals surface area contributed by atoms with Crippen molar-refractivity contribution in [2.75, 3.05) is 6.61 Å². The first-order valence-corrected chi connectivity index (χ1v) is 4.01. The molecule has 1 N–H and O–H groups in total. The number of aromatic nitrogens is 1. The topological polar surface area (TPSA) is 59.4 Å². The van der Waals surface area contributed by atoms with E-state index >= 15 is 0 Å². The van der Waals surface area contributed by atoms with Crippen molar-refractivity contribution in [3.63, 3.8) is 0 Å². The number of aromatic hydroxyl groups is 1. The van der Waals surface area contributed by atoms with Gasteiger partial charge in [0.1, 0.15) is 5.75 Å². The van der Waals surface area contributed by atoms with Crippen LogP contribution in [0.4, 0.5) is 0 Å². The van der Waals surface area contributed by atoms with E-state index in [1.165, 1.54) is 18.5 Å². The van der Waals surface area contributed by atoms with Crippen LogP contribution in [-0.2, 0) is 16.0 Å². The Morgan fingerprint density at radius 1 is 1.62 bits per heavy atom. The predicted molar refractivity (Wildman–Crippen MR) is 46.2 cm³/mol. The zero-order valence-electron chi connectivity index (χ0n) is 7.36. The highest BCUT2D eigenvalue weighted by Crippen LogP contribution is 2.09. The Kier molecular flexibility index (Phi) is 3.25. The van der Waals surface area contributed by atoms with E-state index in [0.29, 0.717) is 12.2 Å². The Hall–Kier alpha value is -1.58. The Morgan fingerprint density at radius 2 is 2.38 bits per heavy atom. The fraction of sp³-hybridized carbons (Fsp3) is 0.333. The average Bonchev–Trinajstić information content (AvgIpc) is 2.04. The average molecular weight is 181 g/mol. The van der Waals surface area contributed by atoms with Crippen molar-refractivity contribution >= 4 is 5.97 Å². The van der Waals surface area contributed by atoms with E-state index in [0.717, 1.165) is 0 Å². The third-order valence-corrected chi connectivity index (χ3v) is 1.43. The monoisotopic (exact) mass is 181 g/mol. The van der Waals surface area contributed by atoms with E-state index in [1.807, 2.05) is 0 Å². The number of esters is 1. The maximum Gasteiger partial charge on any atom is 0.310 e. The molecule has 1 aromatic rings. The summed E-state index contributed by atoms with van der Waals surface area (Å²) in [4.78, 5) is 14.7. The zero-order valence-corrected chi connectivity index (χ0v) is 7.36. The lowest BCUT2D eigenvalue weighted by molar-refractivity contribution is -0.142.